The molecule has 1 aromatic heterocycles. The summed E-state index contributed by atoms with van der Waals surface area (Å²) in [5.41, 5.74) is 3.04. The number of carbonyl (C=O) groups excluding carboxylic acids is 1. The van der Waals surface area contributed by atoms with E-state index in [-0.39, 0.29) is 18.3 Å². The van der Waals surface area contributed by atoms with E-state index in [0.29, 0.717) is 11.3 Å². The van der Waals surface area contributed by atoms with E-state index in [2.05, 4.69) is 37.6 Å². The number of aromatic nitrogens is 1. The highest BCUT2D eigenvalue weighted by Crippen LogP contribution is 2.25. The molecule has 0 fully saturated rings. The molecule has 0 bridgehead atoms. The third-order valence-corrected chi connectivity index (χ3v) is 2.64. The van der Waals surface area contributed by atoms with Crippen LogP contribution in [0.5, 0.6) is 0 Å². The van der Waals surface area contributed by atoms with E-state index in [1.54, 1.807) is 0 Å². The summed E-state index contributed by atoms with van der Waals surface area (Å²) in [5.74, 6) is 6.19. The Labute approximate surface area is 124 Å². The van der Waals surface area contributed by atoms with Crippen molar-refractivity contribution in [3.8, 4) is 11.8 Å². The first-order chi connectivity index (χ1) is 8.54. The Balaban J connectivity index is 0.00000361. The first kappa shape index (κ1) is 18.4. The molecule has 1 rings (SSSR count). The van der Waals surface area contributed by atoms with Crippen molar-refractivity contribution in [2.24, 2.45) is 5.41 Å². The molecule has 0 N–H and O–H groups in total. The number of aryl methyl sites for hydroxylation is 1. The fourth-order valence-electron chi connectivity index (χ4n) is 1.83. The highest BCUT2D eigenvalue weighted by molar-refractivity contribution is 5.79. The number of carbonyl (C=O) groups is 1. The van der Waals surface area contributed by atoms with Crippen molar-refractivity contribution in [3.63, 3.8) is 0 Å². The van der Waals surface area contributed by atoms with E-state index >= 15 is 0 Å². The lowest BCUT2D eigenvalue weighted by Gasteiger charge is -2.21. The van der Waals surface area contributed by atoms with E-state index in [9.17, 15) is 4.79 Å². The Kier molecular flexibility index (Phi) is 5.72. The fraction of sp³-hybridized carbons (Fsp3) is 0.556. The van der Waals surface area contributed by atoms with Gasteiger partial charge in [0.05, 0.1) is 5.69 Å². The molecule has 2 nitrogen and oxygen atoms in total. The fourth-order valence-corrected chi connectivity index (χ4v) is 1.83. The van der Waals surface area contributed by atoms with Crippen molar-refractivity contribution >= 4 is 6.29 Å². The lowest BCUT2D eigenvalue weighted by atomic mass is 9.88. The second-order valence-corrected chi connectivity index (χ2v) is 6.96. The van der Waals surface area contributed by atoms with Crippen molar-refractivity contribution in [2.75, 3.05) is 0 Å². The summed E-state index contributed by atoms with van der Waals surface area (Å²) in [4.78, 5) is 15.8. The SMILES string of the molecule is C.Cc1cc(C=O)c(C#CC(C)(C)C)nc1C(C)(C)C. The summed E-state index contributed by atoms with van der Waals surface area (Å²) < 4.78 is 0. The van der Waals surface area contributed by atoms with E-state index in [1.807, 2.05) is 33.8 Å². The van der Waals surface area contributed by atoms with Crippen LogP contribution in [0.1, 0.15) is 76.3 Å². The molecule has 0 atom stereocenters. The number of hydrogen-bond acceptors (Lipinski definition) is 2. The van der Waals surface area contributed by atoms with Gasteiger partial charge in [0.25, 0.3) is 0 Å². The average Bonchev–Trinajstić information content (AvgIpc) is 2.24. The topological polar surface area (TPSA) is 30.0 Å². The number of hydrogen-bond donors (Lipinski definition) is 0. The van der Waals surface area contributed by atoms with Crippen LogP contribution >= 0.6 is 0 Å². The lowest BCUT2D eigenvalue weighted by molar-refractivity contribution is 0.112. The van der Waals surface area contributed by atoms with E-state index in [4.69, 9.17) is 0 Å². The first-order valence-electron chi connectivity index (χ1n) is 6.55. The van der Waals surface area contributed by atoms with Gasteiger partial charge in [-0.05, 0) is 45.2 Å². The molecule has 0 aromatic carbocycles. The summed E-state index contributed by atoms with van der Waals surface area (Å²) in [7, 11) is 0. The molecule has 0 aliphatic rings. The molecular weight excluding hydrogens is 246 g/mol. The predicted octanol–water partition coefficient (Wildman–Crippen LogP) is 4.53. The predicted molar refractivity (Wildman–Crippen MR) is 86.1 cm³/mol. The first-order valence-corrected chi connectivity index (χ1v) is 6.55. The van der Waals surface area contributed by atoms with Crippen LogP contribution in [0.15, 0.2) is 6.07 Å². The van der Waals surface area contributed by atoms with Gasteiger partial charge < -0.3 is 0 Å². The lowest BCUT2D eigenvalue weighted by Crippen LogP contribution is -2.17. The Hall–Kier alpha value is -1.62. The van der Waals surface area contributed by atoms with Crippen LogP contribution in [-0.4, -0.2) is 11.3 Å². The Bertz CT molecular complexity index is 546. The molecule has 0 saturated carbocycles. The van der Waals surface area contributed by atoms with E-state index in [0.717, 1.165) is 17.5 Å². The van der Waals surface area contributed by atoms with Gasteiger partial charge >= 0.3 is 0 Å². The largest absolute Gasteiger partial charge is 0.298 e. The molecule has 110 valence electrons. The van der Waals surface area contributed by atoms with Gasteiger partial charge in [-0.2, -0.15) is 0 Å². The van der Waals surface area contributed by atoms with Crippen LogP contribution in [0.4, 0.5) is 0 Å². The van der Waals surface area contributed by atoms with Gasteiger partial charge in [0.15, 0.2) is 6.29 Å². The van der Waals surface area contributed by atoms with Crippen molar-refractivity contribution in [2.45, 2.75) is 61.3 Å². The third-order valence-electron chi connectivity index (χ3n) is 2.64. The molecule has 0 unspecified atom stereocenters. The molecule has 0 amide bonds. The molecule has 0 saturated heterocycles. The molecule has 0 aliphatic carbocycles. The van der Waals surface area contributed by atoms with Crippen molar-refractivity contribution in [1.29, 1.82) is 0 Å². The number of pyridine rings is 1. The highest BCUT2D eigenvalue weighted by Gasteiger charge is 2.20. The van der Waals surface area contributed by atoms with Gasteiger partial charge in [0.2, 0.25) is 0 Å². The van der Waals surface area contributed by atoms with Crippen molar-refractivity contribution < 1.29 is 4.79 Å². The van der Waals surface area contributed by atoms with Crippen LogP contribution in [0, 0.1) is 24.2 Å². The summed E-state index contributed by atoms with van der Waals surface area (Å²) in [6.07, 6.45) is 0.832. The maximum atomic E-state index is 11.2. The van der Waals surface area contributed by atoms with Gasteiger partial charge in [-0.25, -0.2) is 4.98 Å². The van der Waals surface area contributed by atoms with Crippen LogP contribution in [0.2, 0.25) is 0 Å². The molecule has 1 aromatic rings. The standard InChI is InChI=1S/C17H23NO.CH4/c1-12-10-13(11-19)14(8-9-16(2,3)4)18-15(12)17(5,6)7;/h10-11H,1-7H3;1H4. The van der Waals surface area contributed by atoms with Crippen molar-refractivity contribution in [1.82, 2.24) is 4.98 Å². The van der Waals surface area contributed by atoms with E-state index in [1.165, 1.54) is 0 Å². The Morgan fingerprint density at radius 2 is 1.70 bits per heavy atom. The van der Waals surface area contributed by atoms with Crippen LogP contribution < -0.4 is 0 Å². The molecular formula is C18H27NO. The number of nitrogens with zero attached hydrogens (tertiary/aromatic N) is 1. The second-order valence-electron chi connectivity index (χ2n) is 6.96. The zero-order valence-electron chi connectivity index (χ0n) is 13.0. The van der Waals surface area contributed by atoms with Crippen LogP contribution in [0.25, 0.3) is 0 Å². The summed E-state index contributed by atoms with van der Waals surface area (Å²) in [6, 6.07) is 1.88. The molecule has 1 heterocycles. The molecule has 0 radical (unpaired) electrons. The zero-order chi connectivity index (χ0) is 14.8. The second kappa shape index (κ2) is 6.22. The number of aldehydes is 1. The van der Waals surface area contributed by atoms with Crippen molar-refractivity contribution in [3.05, 3.63) is 28.6 Å². The highest BCUT2D eigenvalue weighted by atomic mass is 16.1. The summed E-state index contributed by atoms with van der Waals surface area (Å²) in [6.45, 7) is 14.5. The molecule has 0 aliphatic heterocycles. The smallest absolute Gasteiger partial charge is 0.152 e. The zero-order valence-corrected chi connectivity index (χ0v) is 13.0. The maximum Gasteiger partial charge on any atom is 0.152 e. The maximum absolute atomic E-state index is 11.2. The van der Waals surface area contributed by atoms with Crippen LogP contribution in [-0.2, 0) is 5.41 Å². The molecule has 20 heavy (non-hydrogen) atoms. The van der Waals surface area contributed by atoms with Gasteiger partial charge in [-0.3, -0.25) is 4.79 Å². The minimum Gasteiger partial charge on any atom is -0.298 e. The minimum atomic E-state index is -0.103. The molecule has 2 heteroatoms. The van der Waals surface area contributed by atoms with Gasteiger partial charge in [0, 0.05) is 16.4 Å². The quantitative estimate of drug-likeness (QED) is 0.555. The minimum absolute atomic E-state index is 0. The Morgan fingerprint density at radius 3 is 2.10 bits per heavy atom. The summed E-state index contributed by atoms with van der Waals surface area (Å²) >= 11 is 0. The average molecular weight is 273 g/mol. The monoisotopic (exact) mass is 273 g/mol. The van der Waals surface area contributed by atoms with Crippen LogP contribution in [0.3, 0.4) is 0 Å². The summed E-state index contributed by atoms with van der Waals surface area (Å²) in [5, 5.41) is 0. The normalized spacial score (nSPS) is 11.2. The van der Waals surface area contributed by atoms with Gasteiger partial charge in [-0.15, -0.1) is 0 Å². The Morgan fingerprint density at radius 1 is 1.15 bits per heavy atom. The van der Waals surface area contributed by atoms with E-state index < -0.39 is 0 Å². The number of rotatable bonds is 1. The molecule has 0 spiro atoms. The van der Waals surface area contributed by atoms with Gasteiger partial charge in [0.1, 0.15) is 5.69 Å². The third kappa shape index (κ3) is 4.81. The van der Waals surface area contributed by atoms with Gasteiger partial charge in [-0.1, -0.05) is 34.1 Å².